The molecule has 2 aromatic rings. The highest BCUT2D eigenvalue weighted by Crippen LogP contribution is 2.37. The van der Waals surface area contributed by atoms with Crippen molar-refractivity contribution in [3.8, 4) is 17.6 Å². The van der Waals surface area contributed by atoms with Gasteiger partial charge in [0, 0.05) is 11.1 Å². The van der Waals surface area contributed by atoms with Crippen LogP contribution in [0.4, 0.5) is 0 Å². The van der Waals surface area contributed by atoms with Gasteiger partial charge in [-0.05, 0) is 54.9 Å². The molecular formula is C20H21BrN2O3. The lowest BCUT2D eigenvalue weighted by Crippen LogP contribution is -2.08. The van der Waals surface area contributed by atoms with Crippen molar-refractivity contribution >= 4 is 22.1 Å². The average molecular weight is 417 g/mol. The van der Waals surface area contributed by atoms with Crippen molar-refractivity contribution in [3.05, 3.63) is 57.6 Å². The van der Waals surface area contributed by atoms with Crippen molar-refractivity contribution in [1.82, 2.24) is 0 Å². The standard InChI is InChI=1S/C20H21BrN2O3/c1-4-24-19-10-15(9-18(21)20(19)26-14(2)3)12-23-25-13-17-8-6-5-7-16(17)11-22/h5-10,12,14H,4,13H2,1-3H3/b23-12-. The lowest BCUT2D eigenvalue weighted by atomic mass is 10.1. The first-order valence-corrected chi connectivity index (χ1v) is 9.10. The summed E-state index contributed by atoms with van der Waals surface area (Å²) in [6, 6.07) is 13.1. The van der Waals surface area contributed by atoms with E-state index in [0.717, 1.165) is 15.6 Å². The molecule has 5 nitrogen and oxygen atoms in total. The third kappa shape index (κ3) is 5.50. The zero-order valence-electron chi connectivity index (χ0n) is 15.0. The van der Waals surface area contributed by atoms with Gasteiger partial charge in [-0.2, -0.15) is 5.26 Å². The van der Waals surface area contributed by atoms with Crippen LogP contribution in [0.3, 0.4) is 0 Å². The van der Waals surface area contributed by atoms with E-state index in [1.165, 1.54) is 0 Å². The highest BCUT2D eigenvalue weighted by molar-refractivity contribution is 9.10. The minimum atomic E-state index is 0.0357. The Bertz CT molecular complexity index is 813. The Morgan fingerprint density at radius 1 is 1.27 bits per heavy atom. The molecule has 0 heterocycles. The van der Waals surface area contributed by atoms with E-state index in [1.807, 2.05) is 51.1 Å². The molecule has 0 spiro atoms. The summed E-state index contributed by atoms with van der Waals surface area (Å²) in [6.07, 6.45) is 1.63. The molecule has 0 radical (unpaired) electrons. The van der Waals surface area contributed by atoms with Gasteiger partial charge >= 0.3 is 0 Å². The third-order valence-corrected chi connectivity index (χ3v) is 3.91. The molecule has 0 aliphatic heterocycles. The molecule has 0 bridgehead atoms. The Morgan fingerprint density at radius 2 is 2.04 bits per heavy atom. The van der Waals surface area contributed by atoms with Gasteiger partial charge in [-0.3, -0.25) is 0 Å². The third-order valence-electron chi connectivity index (χ3n) is 3.32. The quantitative estimate of drug-likeness (QED) is 0.445. The van der Waals surface area contributed by atoms with E-state index in [-0.39, 0.29) is 12.7 Å². The van der Waals surface area contributed by atoms with Gasteiger partial charge in [0.05, 0.1) is 35.0 Å². The molecule has 0 unspecified atom stereocenters. The van der Waals surface area contributed by atoms with Crippen LogP contribution in [-0.2, 0) is 11.4 Å². The van der Waals surface area contributed by atoms with Crippen LogP contribution in [0.25, 0.3) is 0 Å². The van der Waals surface area contributed by atoms with Crippen LogP contribution in [0.2, 0.25) is 0 Å². The van der Waals surface area contributed by atoms with Crippen molar-refractivity contribution in [2.75, 3.05) is 6.61 Å². The molecule has 0 aromatic heterocycles. The van der Waals surface area contributed by atoms with Crippen LogP contribution >= 0.6 is 15.9 Å². The zero-order chi connectivity index (χ0) is 18.9. The summed E-state index contributed by atoms with van der Waals surface area (Å²) in [5.41, 5.74) is 2.19. The number of nitrogens with zero attached hydrogens (tertiary/aromatic N) is 2. The number of hydrogen-bond acceptors (Lipinski definition) is 5. The van der Waals surface area contributed by atoms with Gasteiger partial charge < -0.3 is 14.3 Å². The molecule has 0 fully saturated rings. The fraction of sp³-hybridized carbons (Fsp3) is 0.300. The predicted octanol–water partition coefficient (Wildman–Crippen LogP) is 5.06. The summed E-state index contributed by atoms with van der Waals surface area (Å²) in [5, 5.41) is 13.1. The fourth-order valence-corrected chi connectivity index (χ4v) is 2.79. The van der Waals surface area contributed by atoms with Gasteiger partial charge in [-0.25, -0.2) is 0 Å². The maximum absolute atomic E-state index is 9.08. The molecule has 0 saturated heterocycles. The lowest BCUT2D eigenvalue weighted by molar-refractivity contribution is 0.132. The Labute approximate surface area is 162 Å². The summed E-state index contributed by atoms with van der Waals surface area (Å²) >= 11 is 3.52. The second-order valence-electron chi connectivity index (χ2n) is 5.71. The highest BCUT2D eigenvalue weighted by atomic mass is 79.9. The fourth-order valence-electron chi connectivity index (χ4n) is 2.24. The highest BCUT2D eigenvalue weighted by Gasteiger charge is 2.13. The van der Waals surface area contributed by atoms with Crippen LogP contribution in [0, 0.1) is 11.3 Å². The Morgan fingerprint density at radius 3 is 2.73 bits per heavy atom. The van der Waals surface area contributed by atoms with Crippen LogP contribution in [0.5, 0.6) is 11.5 Å². The van der Waals surface area contributed by atoms with E-state index in [0.29, 0.717) is 23.7 Å². The van der Waals surface area contributed by atoms with E-state index < -0.39 is 0 Å². The Kier molecular flexibility index (Phi) is 7.49. The van der Waals surface area contributed by atoms with Crippen molar-refractivity contribution in [2.24, 2.45) is 5.16 Å². The van der Waals surface area contributed by atoms with Crippen LogP contribution in [0.15, 0.2) is 46.0 Å². The summed E-state index contributed by atoms with van der Waals surface area (Å²) in [4.78, 5) is 5.33. The normalized spacial score (nSPS) is 10.8. The Balaban J connectivity index is 2.11. The lowest BCUT2D eigenvalue weighted by Gasteiger charge is -2.16. The molecule has 26 heavy (non-hydrogen) atoms. The van der Waals surface area contributed by atoms with E-state index in [4.69, 9.17) is 19.6 Å². The van der Waals surface area contributed by atoms with Gasteiger partial charge in [-0.15, -0.1) is 0 Å². The number of rotatable bonds is 8. The van der Waals surface area contributed by atoms with Crippen molar-refractivity contribution in [1.29, 1.82) is 5.26 Å². The number of oxime groups is 1. The smallest absolute Gasteiger partial charge is 0.175 e. The first kappa shape index (κ1) is 19.8. The minimum Gasteiger partial charge on any atom is -0.490 e. The SMILES string of the molecule is CCOc1cc(/C=N\OCc2ccccc2C#N)cc(Br)c1OC(C)C. The number of halogens is 1. The Hall–Kier alpha value is -2.52. The van der Waals surface area contributed by atoms with Crippen molar-refractivity contribution in [2.45, 2.75) is 33.5 Å². The number of hydrogen-bond donors (Lipinski definition) is 0. The van der Waals surface area contributed by atoms with E-state index in [1.54, 1.807) is 12.3 Å². The molecule has 2 aromatic carbocycles. The summed E-state index contributed by atoms with van der Waals surface area (Å²) in [7, 11) is 0. The van der Waals surface area contributed by atoms with Gasteiger partial charge in [0.2, 0.25) is 0 Å². The largest absolute Gasteiger partial charge is 0.490 e. The minimum absolute atomic E-state index is 0.0357. The molecule has 0 aliphatic carbocycles. The monoisotopic (exact) mass is 416 g/mol. The zero-order valence-corrected chi connectivity index (χ0v) is 16.6. The van der Waals surface area contributed by atoms with Gasteiger partial charge in [0.15, 0.2) is 11.5 Å². The van der Waals surface area contributed by atoms with Crippen LogP contribution < -0.4 is 9.47 Å². The number of benzene rings is 2. The molecule has 0 atom stereocenters. The predicted molar refractivity (Wildman–Crippen MR) is 105 cm³/mol. The average Bonchev–Trinajstić information content (AvgIpc) is 2.62. The molecule has 0 aliphatic rings. The molecule has 136 valence electrons. The van der Waals surface area contributed by atoms with Crippen LogP contribution in [-0.4, -0.2) is 18.9 Å². The maximum Gasteiger partial charge on any atom is 0.175 e. The molecule has 0 N–H and O–H groups in total. The maximum atomic E-state index is 9.08. The molecular weight excluding hydrogens is 396 g/mol. The second-order valence-corrected chi connectivity index (χ2v) is 6.56. The topological polar surface area (TPSA) is 63.8 Å². The summed E-state index contributed by atoms with van der Waals surface area (Å²) < 4.78 is 12.3. The van der Waals surface area contributed by atoms with Gasteiger partial charge in [-0.1, -0.05) is 23.4 Å². The number of ether oxygens (including phenoxy) is 2. The van der Waals surface area contributed by atoms with Crippen molar-refractivity contribution < 1.29 is 14.3 Å². The van der Waals surface area contributed by atoms with Gasteiger partial charge in [0.1, 0.15) is 6.61 Å². The molecule has 6 heteroatoms. The molecule has 2 rings (SSSR count). The molecule has 0 amide bonds. The summed E-state index contributed by atoms with van der Waals surface area (Å²) in [6.45, 7) is 6.61. The van der Waals surface area contributed by atoms with E-state index >= 15 is 0 Å². The van der Waals surface area contributed by atoms with E-state index in [2.05, 4.69) is 27.2 Å². The van der Waals surface area contributed by atoms with Gasteiger partial charge in [0.25, 0.3) is 0 Å². The van der Waals surface area contributed by atoms with E-state index in [9.17, 15) is 0 Å². The second kappa shape index (κ2) is 9.83. The summed E-state index contributed by atoms with van der Waals surface area (Å²) in [5.74, 6) is 1.31. The number of nitriles is 1. The molecule has 0 saturated carbocycles. The van der Waals surface area contributed by atoms with Crippen LogP contribution in [0.1, 0.15) is 37.5 Å². The first-order valence-electron chi connectivity index (χ1n) is 8.31. The first-order chi connectivity index (χ1) is 12.5. The van der Waals surface area contributed by atoms with Crippen molar-refractivity contribution in [3.63, 3.8) is 0 Å².